The number of sulfone groups is 1. The fraction of sp³-hybridized carbons (Fsp3) is 0.154. The van der Waals surface area contributed by atoms with Gasteiger partial charge in [0.2, 0.25) is 9.84 Å². The molecule has 0 fully saturated rings. The van der Waals surface area contributed by atoms with E-state index in [0.29, 0.717) is 17.7 Å². The topological polar surface area (TPSA) is 66.4 Å². The molecule has 31 heavy (non-hydrogen) atoms. The minimum atomic E-state index is -3.76. The molecule has 0 unspecified atom stereocenters. The van der Waals surface area contributed by atoms with Crippen LogP contribution in [0.2, 0.25) is 0 Å². The molecule has 0 aliphatic heterocycles. The number of aliphatic hydroxyl groups is 1. The lowest BCUT2D eigenvalue weighted by atomic mass is 9.99. The molecule has 0 heterocycles. The van der Waals surface area contributed by atoms with Gasteiger partial charge in [0.15, 0.2) is 0 Å². The van der Waals surface area contributed by atoms with E-state index in [1.54, 1.807) is 36.4 Å². The lowest BCUT2D eigenvalue weighted by Gasteiger charge is -2.18. The van der Waals surface area contributed by atoms with Crippen molar-refractivity contribution in [1.29, 1.82) is 0 Å². The first kappa shape index (κ1) is 21.2. The van der Waals surface area contributed by atoms with Crippen LogP contribution in [0, 0.1) is 0 Å². The molecular weight excluding hydrogens is 406 g/mol. The first-order valence-electron chi connectivity index (χ1n) is 10.2. The highest BCUT2D eigenvalue weighted by Crippen LogP contribution is 2.28. The molecule has 0 aliphatic rings. The average molecular weight is 432 g/mol. The van der Waals surface area contributed by atoms with Gasteiger partial charge in [0, 0.05) is 12.6 Å². The first-order chi connectivity index (χ1) is 15.0. The van der Waals surface area contributed by atoms with E-state index in [1.165, 1.54) is 16.3 Å². The molecule has 1 atom stereocenters. The van der Waals surface area contributed by atoms with Crippen LogP contribution in [0.15, 0.2) is 101 Å². The van der Waals surface area contributed by atoms with Crippen molar-refractivity contribution < 1.29 is 13.5 Å². The molecule has 4 aromatic carbocycles. The predicted octanol–water partition coefficient (Wildman–Crippen LogP) is 5.02. The number of hydrogen-bond acceptors (Lipinski definition) is 4. The summed E-state index contributed by atoms with van der Waals surface area (Å²) < 4.78 is 26.8. The van der Waals surface area contributed by atoms with Gasteiger partial charge in [-0.05, 0) is 46.5 Å². The van der Waals surface area contributed by atoms with E-state index in [2.05, 4.69) is 36.5 Å². The number of aliphatic hydroxyl groups excluding tert-OH is 1. The van der Waals surface area contributed by atoms with Crippen molar-refractivity contribution in [3.8, 4) is 0 Å². The molecule has 0 spiro atoms. The molecule has 0 radical (unpaired) electrons. The van der Waals surface area contributed by atoms with Crippen LogP contribution >= 0.6 is 0 Å². The van der Waals surface area contributed by atoms with Crippen LogP contribution in [0.1, 0.15) is 29.7 Å². The van der Waals surface area contributed by atoms with Crippen molar-refractivity contribution in [2.75, 3.05) is 0 Å². The third kappa shape index (κ3) is 4.26. The van der Waals surface area contributed by atoms with Crippen LogP contribution < -0.4 is 5.32 Å². The van der Waals surface area contributed by atoms with E-state index in [4.69, 9.17) is 0 Å². The molecule has 0 amide bonds. The van der Waals surface area contributed by atoms with E-state index < -0.39 is 9.84 Å². The Kier molecular flexibility index (Phi) is 6.18. The second kappa shape index (κ2) is 9.02. The molecule has 0 saturated carbocycles. The number of rotatable bonds is 7. The lowest BCUT2D eigenvalue weighted by molar-refractivity contribution is 0.278. The van der Waals surface area contributed by atoms with E-state index >= 15 is 0 Å². The van der Waals surface area contributed by atoms with Crippen LogP contribution in [0.4, 0.5) is 0 Å². The summed E-state index contributed by atoms with van der Waals surface area (Å²) in [5.41, 5.74) is 2.26. The lowest BCUT2D eigenvalue weighted by Crippen LogP contribution is -2.20. The molecule has 0 bridgehead atoms. The third-order valence-corrected chi connectivity index (χ3v) is 7.54. The van der Waals surface area contributed by atoms with E-state index in [9.17, 15) is 13.5 Å². The van der Waals surface area contributed by atoms with Gasteiger partial charge in [-0.25, -0.2) is 8.42 Å². The van der Waals surface area contributed by atoms with Gasteiger partial charge in [0.25, 0.3) is 0 Å². The Morgan fingerprint density at radius 3 is 2.10 bits per heavy atom. The Morgan fingerprint density at radius 2 is 1.35 bits per heavy atom. The summed E-state index contributed by atoms with van der Waals surface area (Å²) in [7, 11) is -3.76. The maximum atomic E-state index is 13.4. The minimum absolute atomic E-state index is 0.0339. The summed E-state index contributed by atoms with van der Waals surface area (Å²) in [6.07, 6.45) is 0. The van der Waals surface area contributed by atoms with Crippen LogP contribution in [0.5, 0.6) is 0 Å². The molecule has 158 valence electrons. The Balaban J connectivity index is 1.64. The zero-order valence-corrected chi connectivity index (χ0v) is 18.1. The summed E-state index contributed by atoms with van der Waals surface area (Å²) >= 11 is 0. The second-order valence-corrected chi connectivity index (χ2v) is 9.43. The van der Waals surface area contributed by atoms with E-state index in [-0.39, 0.29) is 22.4 Å². The number of hydrogen-bond donors (Lipinski definition) is 2. The molecule has 4 nitrogen and oxygen atoms in total. The zero-order valence-electron chi connectivity index (χ0n) is 17.3. The monoisotopic (exact) mass is 431 g/mol. The summed E-state index contributed by atoms with van der Waals surface area (Å²) in [5.74, 6) is 0. The van der Waals surface area contributed by atoms with Crippen molar-refractivity contribution in [2.45, 2.75) is 35.9 Å². The molecule has 0 aromatic heterocycles. The number of fused-ring (bicyclic) bond motifs is 1. The predicted molar refractivity (Wildman–Crippen MR) is 123 cm³/mol. The third-order valence-electron chi connectivity index (χ3n) is 5.58. The van der Waals surface area contributed by atoms with Crippen LogP contribution in [-0.2, 0) is 23.0 Å². The molecule has 4 rings (SSSR count). The van der Waals surface area contributed by atoms with Gasteiger partial charge in [-0.2, -0.15) is 0 Å². The fourth-order valence-corrected chi connectivity index (χ4v) is 5.64. The van der Waals surface area contributed by atoms with Gasteiger partial charge in [-0.3, -0.25) is 0 Å². The average Bonchev–Trinajstić information content (AvgIpc) is 2.82. The molecule has 4 aromatic rings. The van der Waals surface area contributed by atoms with Gasteiger partial charge >= 0.3 is 0 Å². The van der Waals surface area contributed by atoms with Gasteiger partial charge < -0.3 is 10.4 Å². The molecule has 5 heteroatoms. The van der Waals surface area contributed by atoms with Gasteiger partial charge in [0.1, 0.15) is 0 Å². The SMILES string of the molecule is C[C@H](NCc1ccccc1S(=O)(=O)c1ccccc1CO)c1cccc2ccccc12. The van der Waals surface area contributed by atoms with Crippen molar-refractivity contribution in [3.63, 3.8) is 0 Å². The largest absolute Gasteiger partial charge is 0.392 e. The molecular formula is C26H25NO3S. The maximum absolute atomic E-state index is 13.4. The smallest absolute Gasteiger partial charge is 0.207 e. The highest BCUT2D eigenvalue weighted by Gasteiger charge is 2.23. The summed E-state index contributed by atoms with van der Waals surface area (Å²) in [5, 5.41) is 15.5. The molecule has 0 aliphatic carbocycles. The zero-order chi connectivity index (χ0) is 21.8. The normalized spacial score (nSPS) is 12.7. The van der Waals surface area contributed by atoms with Crippen LogP contribution in [0.3, 0.4) is 0 Å². The van der Waals surface area contributed by atoms with E-state index in [0.717, 1.165) is 0 Å². The quantitative estimate of drug-likeness (QED) is 0.431. The number of benzene rings is 4. The van der Waals surface area contributed by atoms with E-state index in [1.807, 2.05) is 30.3 Å². The van der Waals surface area contributed by atoms with Crippen LogP contribution in [0.25, 0.3) is 10.8 Å². The highest BCUT2D eigenvalue weighted by atomic mass is 32.2. The van der Waals surface area contributed by atoms with Crippen molar-refractivity contribution in [3.05, 3.63) is 108 Å². The standard InChI is InChI=1S/C26H25NO3S/c1-19(23-14-8-12-20-9-2-5-13-24(20)23)27-17-21-10-3-6-15-25(21)31(29,30)26-16-7-4-11-22(26)18-28/h2-16,19,27-28H,17-18H2,1H3/t19-/m0/s1. The Morgan fingerprint density at radius 1 is 0.774 bits per heavy atom. The summed E-state index contributed by atoms with van der Waals surface area (Å²) in [6, 6.07) is 28.1. The minimum Gasteiger partial charge on any atom is -0.392 e. The van der Waals surface area contributed by atoms with Crippen molar-refractivity contribution >= 4 is 20.6 Å². The van der Waals surface area contributed by atoms with Crippen LogP contribution in [-0.4, -0.2) is 13.5 Å². The molecule has 0 saturated heterocycles. The molecule has 2 N–H and O–H groups in total. The number of nitrogens with one attached hydrogen (secondary N) is 1. The van der Waals surface area contributed by atoms with Gasteiger partial charge in [-0.15, -0.1) is 0 Å². The highest BCUT2D eigenvalue weighted by molar-refractivity contribution is 7.91. The second-order valence-electron chi connectivity index (χ2n) is 7.55. The maximum Gasteiger partial charge on any atom is 0.207 e. The first-order valence-corrected chi connectivity index (χ1v) is 11.7. The fourth-order valence-electron chi connectivity index (χ4n) is 3.93. The van der Waals surface area contributed by atoms with Crippen molar-refractivity contribution in [2.24, 2.45) is 0 Å². The Hall–Kier alpha value is -2.99. The van der Waals surface area contributed by atoms with Crippen molar-refractivity contribution in [1.82, 2.24) is 5.32 Å². The Labute approximate surface area is 183 Å². The summed E-state index contributed by atoms with van der Waals surface area (Å²) in [6.45, 7) is 2.16. The Bertz CT molecular complexity index is 1310. The summed E-state index contributed by atoms with van der Waals surface area (Å²) in [4.78, 5) is 0.403. The van der Waals surface area contributed by atoms with Gasteiger partial charge in [-0.1, -0.05) is 78.9 Å². The van der Waals surface area contributed by atoms with Gasteiger partial charge in [0.05, 0.1) is 16.4 Å².